The standard InChI is InChI=1S/C24H28F2N2O5S/c1-2-33-24(30)19(14-17-6-4-3-5-7-17)16-27-23(29)18-10-12-28(13-11-18)34(31,32)20-8-9-21(25)22(26)15-20/h3-9,15,18-19H,2,10-14,16H2,1H3,(H,27,29). The van der Waals surface area contributed by atoms with E-state index in [0.717, 1.165) is 17.7 Å². The van der Waals surface area contributed by atoms with Crippen LogP contribution in [0.15, 0.2) is 53.4 Å². The van der Waals surface area contributed by atoms with E-state index in [4.69, 9.17) is 4.74 Å². The Hall–Kier alpha value is -2.85. The third-order valence-electron chi connectivity index (χ3n) is 5.82. The maximum Gasteiger partial charge on any atom is 0.311 e. The number of carbonyl (C=O) groups excluding carboxylic acids is 2. The van der Waals surface area contributed by atoms with E-state index in [0.29, 0.717) is 12.5 Å². The van der Waals surface area contributed by atoms with Crippen LogP contribution in [0.1, 0.15) is 25.3 Å². The zero-order chi connectivity index (χ0) is 24.7. The highest BCUT2D eigenvalue weighted by atomic mass is 32.2. The number of ether oxygens (including phenoxy) is 1. The van der Waals surface area contributed by atoms with Crippen LogP contribution in [0.25, 0.3) is 0 Å². The van der Waals surface area contributed by atoms with E-state index < -0.39 is 33.5 Å². The van der Waals surface area contributed by atoms with Gasteiger partial charge in [-0.25, -0.2) is 17.2 Å². The largest absolute Gasteiger partial charge is 0.466 e. The van der Waals surface area contributed by atoms with Crippen LogP contribution in [0.4, 0.5) is 8.78 Å². The molecule has 1 amide bonds. The summed E-state index contributed by atoms with van der Waals surface area (Å²) in [5, 5.41) is 2.81. The minimum atomic E-state index is -3.99. The average molecular weight is 495 g/mol. The van der Waals surface area contributed by atoms with Crippen molar-refractivity contribution in [3.8, 4) is 0 Å². The minimum Gasteiger partial charge on any atom is -0.466 e. The Morgan fingerprint density at radius 2 is 1.76 bits per heavy atom. The Morgan fingerprint density at radius 1 is 1.09 bits per heavy atom. The molecule has 1 aliphatic heterocycles. The van der Waals surface area contributed by atoms with E-state index in [1.54, 1.807) is 6.92 Å². The summed E-state index contributed by atoms with van der Waals surface area (Å²) >= 11 is 0. The summed E-state index contributed by atoms with van der Waals surface area (Å²) in [5.41, 5.74) is 0.950. The Kier molecular flexibility index (Phi) is 8.73. The Balaban J connectivity index is 1.56. The molecule has 1 fully saturated rings. The van der Waals surface area contributed by atoms with Crippen LogP contribution in [0.3, 0.4) is 0 Å². The molecule has 2 aromatic carbocycles. The number of carbonyl (C=O) groups is 2. The van der Waals surface area contributed by atoms with Crippen molar-refractivity contribution in [1.29, 1.82) is 0 Å². The molecule has 0 aliphatic carbocycles. The fraction of sp³-hybridized carbons (Fsp3) is 0.417. The Labute approximate surface area is 198 Å². The van der Waals surface area contributed by atoms with Gasteiger partial charge in [-0.05, 0) is 49.9 Å². The fourth-order valence-corrected chi connectivity index (χ4v) is 5.39. The zero-order valence-electron chi connectivity index (χ0n) is 18.9. The molecule has 0 spiro atoms. The van der Waals surface area contributed by atoms with Crippen LogP contribution in [-0.4, -0.2) is 50.8 Å². The molecule has 1 N–H and O–H groups in total. The lowest BCUT2D eigenvalue weighted by Gasteiger charge is -2.30. The summed E-state index contributed by atoms with van der Waals surface area (Å²) < 4.78 is 58.4. The highest BCUT2D eigenvalue weighted by Gasteiger charge is 2.33. The first-order chi connectivity index (χ1) is 16.2. The molecule has 1 saturated heterocycles. The molecule has 0 aromatic heterocycles. The molecule has 34 heavy (non-hydrogen) atoms. The molecule has 2 aromatic rings. The molecule has 1 atom stereocenters. The van der Waals surface area contributed by atoms with Crippen molar-refractivity contribution in [2.24, 2.45) is 11.8 Å². The molecule has 10 heteroatoms. The van der Waals surface area contributed by atoms with Gasteiger partial charge in [-0.2, -0.15) is 4.31 Å². The van der Waals surface area contributed by atoms with Gasteiger partial charge in [-0.15, -0.1) is 0 Å². The predicted molar refractivity (Wildman–Crippen MR) is 121 cm³/mol. The van der Waals surface area contributed by atoms with Gasteiger partial charge in [0.05, 0.1) is 17.4 Å². The van der Waals surface area contributed by atoms with Crippen LogP contribution >= 0.6 is 0 Å². The number of nitrogens with zero attached hydrogens (tertiary/aromatic N) is 1. The van der Waals surface area contributed by atoms with Crippen molar-refractivity contribution < 1.29 is 31.5 Å². The lowest BCUT2D eigenvalue weighted by atomic mass is 9.96. The number of halogens is 2. The zero-order valence-corrected chi connectivity index (χ0v) is 19.7. The molecule has 7 nitrogen and oxygen atoms in total. The van der Waals surface area contributed by atoms with E-state index in [2.05, 4.69) is 5.32 Å². The van der Waals surface area contributed by atoms with E-state index in [-0.39, 0.29) is 55.9 Å². The van der Waals surface area contributed by atoms with Crippen LogP contribution in [-0.2, 0) is 30.8 Å². The van der Waals surface area contributed by atoms with Crippen LogP contribution < -0.4 is 5.32 Å². The number of hydrogen-bond acceptors (Lipinski definition) is 5. The summed E-state index contributed by atoms with van der Waals surface area (Å²) in [7, 11) is -3.99. The van der Waals surface area contributed by atoms with Crippen molar-refractivity contribution in [2.75, 3.05) is 26.2 Å². The van der Waals surface area contributed by atoms with Crippen LogP contribution in [0.5, 0.6) is 0 Å². The van der Waals surface area contributed by atoms with Crippen molar-refractivity contribution in [1.82, 2.24) is 9.62 Å². The lowest BCUT2D eigenvalue weighted by molar-refractivity contribution is -0.148. The average Bonchev–Trinajstić information content (AvgIpc) is 2.84. The van der Waals surface area contributed by atoms with Crippen LogP contribution in [0, 0.1) is 23.5 Å². The maximum absolute atomic E-state index is 13.5. The van der Waals surface area contributed by atoms with Crippen molar-refractivity contribution >= 4 is 21.9 Å². The normalized spacial score (nSPS) is 16.1. The molecular formula is C24H28F2N2O5S. The number of piperidine rings is 1. The second-order valence-corrected chi connectivity index (χ2v) is 10.1. The highest BCUT2D eigenvalue weighted by molar-refractivity contribution is 7.89. The highest BCUT2D eigenvalue weighted by Crippen LogP contribution is 2.25. The van der Waals surface area contributed by atoms with Crippen LogP contribution in [0.2, 0.25) is 0 Å². The first-order valence-corrected chi connectivity index (χ1v) is 12.6. The smallest absolute Gasteiger partial charge is 0.311 e. The molecule has 3 rings (SSSR count). The number of amides is 1. The molecular weight excluding hydrogens is 466 g/mol. The third kappa shape index (κ3) is 6.38. The second-order valence-electron chi connectivity index (χ2n) is 8.14. The summed E-state index contributed by atoms with van der Waals surface area (Å²) in [6.45, 7) is 2.22. The van der Waals surface area contributed by atoms with Gasteiger partial charge in [0, 0.05) is 25.6 Å². The van der Waals surface area contributed by atoms with Gasteiger partial charge in [0.2, 0.25) is 15.9 Å². The molecule has 0 bridgehead atoms. The molecule has 0 radical (unpaired) electrons. The molecule has 1 heterocycles. The molecule has 184 valence electrons. The van der Waals surface area contributed by atoms with Gasteiger partial charge in [-0.1, -0.05) is 30.3 Å². The second kappa shape index (κ2) is 11.5. The van der Waals surface area contributed by atoms with Gasteiger partial charge in [-0.3, -0.25) is 9.59 Å². The van der Waals surface area contributed by atoms with E-state index in [1.165, 1.54) is 4.31 Å². The van der Waals surface area contributed by atoms with Gasteiger partial charge in [0.1, 0.15) is 0 Å². The fourth-order valence-electron chi connectivity index (χ4n) is 3.91. The molecule has 0 saturated carbocycles. The number of nitrogens with one attached hydrogen (secondary N) is 1. The monoisotopic (exact) mass is 494 g/mol. The summed E-state index contributed by atoms with van der Waals surface area (Å²) in [6, 6.07) is 11.9. The topological polar surface area (TPSA) is 92.8 Å². The summed E-state index contributed by atoms with van der Waals surface area (Å²) in [6.07, 6.45) is 0.972. The van der Waals surface area contributed by atoms with Gasteiger partial charge < -0.3 is 10.1 Å². The molecule has 1 aliphatic rings. The number of hydrogen-bond donors (Lipinski definition) is 1. The number of sulfonamides is 1. The number of esters is 1. The van der Waals surface area contributed by atoms with Crippen molar-refractivity contribution in [3.05, 3.63) is 65.7 Å². The predicted octanol–water partition coefficient (Wildman–Crippen LogP) is 2.90. The van der Waals surface area contributed by atoms with Crippen molar-refractivity contribution in [3.63, 3.8) is 0 Å². The van der Waals surface area contributed by atoms with E-state index in [1.807, 2.05) is 30.3 Å². The SMILES string of the molecule is CCOC(=O)C(CNC(=O)C1CCN(S(=O)(=O)c2ccc(F)c(F)c2)CC1)Cc1ccccc1. The van der Waals surface area contributed by atoms with Gasteiger partial charge in [0.15, 0.2) is 11.6 Å². The van der Waals surface area contributed by atoms with E-state index in [9.17, 15) is 26.8 Å². The minimum absolute atomic E-state index is 0.0741. The molecule has 1 unspecified atom stereocenters. The quantitative estimate of drug-likeness (QED) is 0.541. The maximum atomic E-state index is 13.5. The first-order valence-electron chi connectivity index (χ1n) is 11.2. The van der Waals surface area contributed by atoms with Gasteiger partial charge >= 0.3 is 5.97 Å². The Morgan fingerprint density at radius 3 is 2.38 bits per heavy atom. The van der Waals surface area contributed by atoms with Gasteiger partial charge in [0.25, 0.3) is 0 Å². The Bertz CT molecular complexity index is 1100. The lowest BCUT2D eigenvalue weighted by Crippen LogP contribution is -2.44. The van der Waals surface area contributed by atoms with E-state index >= 15 is 0 Å². The summed E-state index contributed by atoms with van der Waals surface area (Å²) in [5.74, 6) is -3.97. The van der Waals surface area contributed by atoms with Crippen molar-refractivity contribution in [2.45, 2.75) is 31.1 Å². The number of rotatable bonds is 9. The first kappa shape index (κ1) is 25.8. The summed E-state index contributed by atoms with van der Waals surface area (Å²) in [4.78, 5) is 24.8. The number of benzene rings is 2. The third-order valence-corrected chi connectivity index (χ3v) is 7.72.